The average Bonchev–Trinajstić information content (AvgIpc) is 2.71. The van der Waals surface area contributed by atoms with Crippen LogP contribution in [-0.4, -0.2) is 29.5 Å². The van der Waals surface area contributed by atoms with Crippen molar-refractivity contribution in [3.05, 3.63) is 46.7 Å². The van der Waals surface area contributed by atoms with Gasteiger partial charge >= 0.3 is 6.09 Å². The number of halogens is 1. The molecule has 0 heterocycles. The van der Waals surface area contributed by atoms with Gasteiger partial charge in [0.2, 0.25) is 0 Å². The Morgan fingerprint density at radius 2 is 2.17 bits per heavy atom. The number of hydrogen-bond donors (Lipinski definition) is 2. The van der Waals surface area contributed by atoms with Gasteiger partial charge in [0, 0.05) is 11.4 Å². The third-order valence-corrected chi connectivity index (χ3v) is 3.60. The fourth-order valence-electron chi connectivity index (χ4n) is 2.55. The third kappa shape index (κ3) is 4.88. The van der Waals surface area contributed by atoms with Crippen LogP contribution in [0.15, 0.2) is 30.5 Å². The Hall–Kier alpha value is -1.72. The first-order chi connectivity index (χ1) is 10.7. The molecule has 1 aromatic carbocycles. The van der Waals surface area contributed by atoms with E-state index in [1.165, 1.54) is 0 Å². The molecule has 2 atom stereocenters. The van der Waals surface area contributed by atoms with Crippen LogP contribution >= 0.6 is 11.6 Å². The minimum atomic E-state index is -0.582. The molecular formula is C17H22ClNO4. The lowest BCUT2D eigenvalue weighted by atomic mass is 10.1. The Labute approximate surface area is 141 Å². The molecule has 0 bridgehead atoms. The summed E-state index contributed by atoms with van der Waals surface area (Å²) in [5.41, 5.74) is 1.36. The normalized spacial score (nSPS) is 20.0. The second-order valence-corrected chi connectivity index (χ2v) is 7.02. The van der Waals surface area contributed by atoms with Gasteiger partial charge in [0.1, 0.15) is 18.0 Å². The van der Waals surface area contributed by atoms with Crippen molar-refractivity contribution in [1.29, 1.82) is 0 Å². The lowest BCUT2D eigenvalue weighted by molar-refractivity contribution is 0.0206. The molecule has 0 fully saturated rings. The summed E-state index contributed by atoms with van der Waals surface area (Å²) in [6, 6.07) is 5.14. The Kier molecular flexibility index (Phi) is 5.22. The van der Waals surface area contributed by atoms with Crippen LogP contribution in [0.1, 0.15) is 37.9 Å². The molecule has 0 radical (unpaired) electrons. The van der Waals surface area contributed by atoms with Crippen LogP contribution in [-0.2, 0) is 15.9 Å². The van der Waals surface area contributed by atoms with Gasteiger partial charge in [-0.25, -0.2) is 4.79 Å². The molecule has 23 heavy (non-hydrogen) atoms. The number of carbonyl (C=O) groups excluding carboxylic acids is 1. The molecule has 1 amide bonds. The minimum absolute atomic E-state index is 0.0128. The number of alkyl carbamates (subject to hydrolysis) is 1. The quantitative estimate of drug-likeness (QED) is 0.816. The molecule has 2 N–H and O–H groups in total. The number of rotatable bonds is 4. The summed E-state index contributed by atoms with van der Waals surface area (Å²) in [4.78, 5) is 12.1. The highest BCUT2D eigenvalue weighted by Gasteiger charge is 2.35. The number of benzene rings is 1. The molecule has 1 aromatic rings. The first-order valence-electron chi connectivity index (χ1n) is 7.42. The number of fused-ring (bicyclic) bond motifs is 1. The highest BCUT2D eigenvalue weighted by atomic mass is 35.5. The number of nitrogens with one attached hydrogen (secondary N) is 1. The number of carbonyl (C=O) groups is 1. The Balaban J connectivity index is 2.17. The summed E-state index contributed by atoms with van der Waals surface area (Å²) >= 11 is 6.03. The van der Waals surface area contributed by atoms with Crippen molar-refractivity contribution >= 4 is 17.7 Å². The lowest BCUT2D eigenvalue weighted by Gasteiger charge is -2.25. The zero-order valence-corrected chi connectivity index (χ0v) is 14.3. The van der Waals surface area contributed by atoms with Gasteiger partial charge < -0.3 is 19.9 Å². The monoisotopic (exact) mass is 339 g/mol. The van der Waals surface area contributed by atoms with E-state index in [0.29, 0.717) is 11.4 Å². The number of aliphatic hydroxyl groups excluding tert-OH is 1. The molecule has 5 nitrogen and oxygen atoms in total. The van der Waals surface area contributed by atoms with Gasteiger partial charge in [0.05, 0.1) is 12.1 Å². The molecule has 1 aliphatic carbocycles. The Bertz CT molecular complexity index is 609. The van der Waals surface area contributed by atoms with Crippen molar-refractivity contribution < 1.29 is 19.4 Å². The SMILES string of the molecule is C=C(O)CO[C@H]1Cc2cc(Cl)ccc2[C@H]1NC(=O)OC(C)(C)C. The van der Waals surface area contributed by atoms with Crippen LogP contribution in [0, 0.1) is 0 Å². The van der Waals surface area contributed by atoms with Crippen molar-refractivity contribution in [3.63, 3.8) is 0 Å². The van der Waals surface area contributed by atoms with Crippen LogP contribution in [0.3, 0.4) is 0 Å². The van der Waals surface area contributed by atoms with E-state index in [2.05, 4.69) is 11.9 Å². The average molecular weight is 340 g/mol. The second-order valence-electron chi connectivity index (χ2n) is 6.59. The molecule has 0 aliphatic heterocycles. The van der Waals surface area contributed by atoms with Gasteiger partial charge in [-0.3, -0.25) is 0 Å². The van der Waals surface area contributed by atoms with Gasteiger partial charge in [-0.15, -0.1) is 0 Å². The third-order valence-electron chi connectivity index (χ3n) is 3.37. The molecule has 1 aliphatic rings. The van der Waals surface area contributed by atoms with E-state index in [0.717, 1.165) is 11.1 Å². The van der Waals surface area contributed by atoms with Crippen LogP contribution in [0.5, 0.6) is 0 Å². The fourth-order valence-corrected chi connectivity index (χ4v) is 2.75. The van der Waals surface area contributed by atoms with Crippen LogP contribution < -0.4 is 5.32 Å². The summed E-state index contributed by atoms with van der Waals surface area (Å²) in [5.74, 6) is -0.0602. The van der Waals surface area contributed by atoms with Crippen LogP contribution in [0.4, 0.5) is 4.79 Å². The van der Waals surface area contributed by atoms with E-state index in [1.807, 2.05) is 12.1 Å². The Morgan fingerprint density at radius 3 is 2.78 bits per heavy atom. The smallest absolute Gasteiger partial charge is 0.408 e. The predicted octanol–water partition coefficient (Wildman–Crippen LogP) is 3.92. The maximum absolute atomic E-state index is 12.1. The van der Waals surface area contributed by atoms with E-state index < -0.39 is 11.7 Å². The molecular weight excluding hydrogens is 318 g/mol. The van der Waals surface area contributed by atoms with E-state index >= 15 is 0 Å². The van der Waals surface area contributed by atoms with Crippen molar-refractivity contribution in [2.45, 2.75) is 44.9 Å². The van der Waals surface area contributed by atoms with Crippen LogP contribution in [0.2, 0.25) is 5.02 Å². The summed E-state index contributed by atoms with van der Waals surface area (Å²) in [7, 11) is 0. The van der Waals surface area contributed by atoms with Crippen LogP contribution in [0.25, 0.3) is 0 Å². The van der Waals surface area contributed by atoms with Gasteiger partial charge in [-0.2, -0.15) is 0 Å². The maximum atomic E-state index is 12.1. The zero-order chi connectivity index (χ0) is 17.2. The van der Waals surface area contributed by atoms with E-state index in [4.69, 9.17) is 21.1 Å². The summed E-state index contributed by atoms with van der Waals surface area (Å²) in [6.07, 6.45) is -0.245. The summed E-state index contributed by atoms with van der Waals surface area (Å²) in [5, 5.41) is 12.7. The van der Waals surface area contributed by atoms with Gasteiger partial charge in [-0.05, 0) is 44.0 Å². The fraction of sp³-hybridized carbons (Fsp3) is 0.471. The summed E-state index contributed by atoms with van der Waals surface area (Å²) in [6.45, 7) is 8.84. The largest absolute Gasteiger partial charge is 0.510 e. The topological polar surface area (TPSA) is 67.8 Å². The van der Waals surface area contributed by atoms with E-state index in [1.54, 1.807) is 26.8 Å². The van der Waals surface area contributed by atoms with Crippen molar-refractivity contribution in [2.24, 2.45) is 0 Å². The second kappa shape index (κ2) is 6.81. The molecule has 2 rings (SSSR count). The molecule has 0 spiro atoms. The highest BCUT2D eigenvalue weighted by molar-refractivity contribution is 6.30. The van der Waals surface area contributed by atoms with E-state index in [9.17, 15) is 9.90 Å². The van der Waals surface area contributed by atoms with E-state index in [-0.39, 0.29) is 24.5 Å². The van der Waals surface area contributed by atoms with Gasteiger partial charge in [-0.1, -0.05) is 24.2 Å². The van der Waals surface area contributed by atoms with Gasteiger partial charge in [0.25, 0.3) is 0 Å². The first-order valence-corrected chi connectivity index (χ1v) is 7.79. The highest BCUT2D eigenvalue weighted by Crippen LogP contribution is 2.35. The lowest BCUT2D eigenvalue weighted by Crippen LogP contribution is -2.39. The zero-order valence-electron chi connectivity index (χ0n) is 13.6. The molecule has 0 unspecified atom stereocenters. The number of aliphatic hydroxyl groups is 1. The Morgan fingerprint density at radius 1 is 1.48 bits per heavy atom. The summed E-state index contributed by atoms with van der Waals surface area (Å²) < 4.78 is 11.0. The number of ether oxygens (including phenoxy) is 2. The predicted molar refractivity (Wildman–Crippen MR) is 88.8 cm³/mol. The maximum Gasteiger partial charge on any atom is 0.408 e. The number of amides is 1. The molecule has 6 heteroatoms. The number of hydrogen-bond acceptors (Lipinski definition) is 4. The molecule has 0 saturated carbocycles. The van der Waals surface area contributed by atoms with Crippen molar-refractivity contribution in [1.82, 2.24) is 5.32 Å². The van der Waals surface area contributed by atoms with Gasteiger partial charge in [0.15, 0.2) is 0 Å². The first kappa shape index (κ1) is 17.6. The molecule has 0 saturated heterocycles. The standard InChI is InChI=1S/C17H22ClNO4/c1-10(20)9-22-14-8-11-7-12(18)5-6-13(11)15(14)19-16(21)23-17(2,3)4/h5-7,14-15,20H,1,8-9H2,2-4H3,(H,19,21)/t14-,15+/m0/s1. The minimum Gasteiger partial charge on any atom is -0.510 e. The van der Waals surface area contributed by atoms with Crippen molar-refractivity contribution in [3.8, 4) is 0 Å². The molecule has 126 valence electrons. The van der Waals surface area contributed by atoms with Crippen molar-refractivity contribution in [2.75, 3.05) is 6.61 Å². The molecule has 0 aromatic heterocycles.